The molecule has 0 spiro atoms. The molecule has 2 atom stereocenters. The molecule has 0 amide bonds. The lowest BCUT2D eigenvalue weighted by Crippen LogP contribution is -2.39. The zero-order chi connectivity index (χ0) is 12.5. The number of ether oxygens (including phenoxy) is 2. The van der Waals surface area contributed by atoms with Crippen LogP contribution in [0.2, 0.25) is 0 Å². The largest absolute Gasteiger partial charge is 0.463 e. The Labute approximate surface area is 104 Å². The number of hydrogen-bond acceptors (Lipinski definition) is 4. The van der Waals surface area contributed by atoms with E-state index in [9.17, 15) is 4.79 Å². The Hall–Kier alpha value is -0.610. The number of esters is 1. The van der Waals surface area contributed by atoms with Crippen LogP contribution in [-0.2, 0) is 14.3 Å². The van der Waals surface area contributed by atoms with Crippen LogP contribution < -0.4 is 5.73 Å². The predicted molar refractivity (Wildman–Crippen MR) is 66.6 cm³/mol. The van der Waals surface area contributed by atoms with Crippen molar-refractivity contribution in [2.24, 2.45) is 11.7 Å². The van der Waals surface area contributed by atoms with Crippen LogP contribution in [0, 0.1) is 5.92 Å². The van der Waals surface area contributed by atoms with Gasteiger partial charge < -0.3 is 15.2 Å². The smallest absolute Gasteiger partial charge is 0.310 e. The molecule has 0 radical (unpaired) electrons. The molecule has 0 heterocycles. The van der Waals surface area contributed by atoms with E-state index in [1.54, 1.807) is 0 Å². The van der Waals surface area contributed by atoms with Crippen molar-refractivity contribution in [3.05, 3.63) is 0 Å². The van der Waals surface area contributed by atoms with Crippen molar-refractivity contribution >= 4 is 5.97 Å². The van der Waals surface area contributed by atoms with Gasteiger partial charge in [0.15, 0.2) is 0 Å². The van der Waals surface area contributed by atoms with Crippen molar-refractivity contribution in [1.82, 2.24) is 0 Å². The summed E-state index contributed by atoms with van der Waals surface area (Å²) in [5.74, 6) is -0.240. The quantitative estimate of drug-likeness (QED) is 0.547. The number of carbonyl (C=O) groups is 1. The minimum atomic E-state index is -0.142. The van der Waals surface area contributed by atoms with Crippen molar-refractivity contribution in [3.8, 4) is 0 Å². The Morgan fingerprint density at radius 3 is 2.71 bits per heavy atom. The molecule has 4 heteroatoms. The van der Waals surface area contributed by atoms with E-state index >= 15 is 0 Å². The summed E-state index contributed by atoms with van der Waals surface area (Å²) < 4.78 is 10.5. The maximum Gasteiger partial charge on any atom is 0.310 e. The molecule has 2 N–H and O–H groups in total. The number of hydrogen-bond donors (Lipinski definition) is 1. The van der Waals surface area contributed by atoms with Crippen LogP contribution in [0.3, 0.4) is 0 Å². The third-order valence-electron chi connectivity index (χ3n) is 3.24. The lowest BCUT2D eigenvalue weighted by atomic mass is 9.85. The average molecular weight is 243 g/mol. The van der Waals surface area contributed by atoms with Crippen molar-refractivity contribution in [3.63, 3.8) is 0 Å². The van der Waals surface area contributed by atoms with Crippen LogP contribution >= 0.6 is 0 Å². The third-order valence-corrected chi connectivity index (χ3v) is 3.24. The fourth-order valence-corrected chi connectivity index (χ4v) is 2.11. The van der Waals surface area contributed by atoms with Crippen LogP contribution in [0.25, 0.3) is 0 Å². The molecule has 0 aromatic heterocycles. The van der Waals surface area contributed by atoms with Crippen molar-refractivity contribution < 1.29 is 14.3 Å². The third kappa shape index (κ3) is 5.50. The number of carbonyl (C=O) groups excluding carboxylic acids is 1. The lowest BCUT2D eigenvalue weighted by molar-refractivity contribution is -0.151. The maximum absolute atomic E-state index is 11.7. The first-order valence-electron chi connectivity index (χ1n) is 6.75. The molecule has 0 aliphatic heterocycles. The topological polar surface area (TPSA) is 61.5 Å². The summed E-state index contributed by atoms with van der Waals surface area (Å²) in [4.78, 5) is 11.7. The van der Waals surface area contributed by atoms with Crippen LogP contribution in [0.5, 0.6) is 0 Å². The summed E-state index contributed by atoms with van der Waals surface area (Å²) in [7, 11) is 0. The second-order valence-electron chi connectivity index (χ2n) is 4.69. The number of unbranched alkanes of at least 4 members (excludes halogenated alkanes) is 1. The maximum atomic E-state index is 11.7. The van der Waals surface area contributed by atoms with Gasteiger partial charge in [-0.1, -0.05) is 26.2 Å². The highest BCUT2D eigenvalue weighted by Crippen LogP contribution is 2.23. The van der Waals surface area contributed by atoms with Gasteiger partial charge in [-0.3, -0.25) is 4.79 Å². The summed E-state index contributed by atoms with van der Waals surface area (Å²) in [5.41, 5.74) is 5.92. The number of rotatable bonds is 7. The van der Waals surface area contributed by atoms with Gasteiger partial charge >= 0.3 is 5.97 Å². The molecule has 4 nitrogen and oxygen atoms in total. The molecule has 1 aliphatic carbocycles. The normalized spacial score (nSPS) is 24.6. The van der Waals surface area contributed by atoms with E-state index < -0.39 is 0 Å². The zero-order valence-electron chi connectivity index (χ0n) is 10.8. The average Bonchev–Trinajstić information content (AvgIpc) is 2.34. The SMILES string of the molecule is CCCCOCCOC(=O)C1CCCCC1N. The van der Waals surface area contributed by atoms with E-state index in [0.717, 1.165) is 45.1 Å². The summed E-state index contributed by atoms with van der Waals surface area (Å²) in [6.07, 6.45) is 6.20. The second kappa shape index (κ2) is 8.48. The standard InChI is InChI=1S/C13H25NO3/c1-2-3-8-16-9-10-17-13(15)11-6-4-5-7-12(11)14/h11-12H,2-10,14H2,1H3. The molecule has 1 fully saturated rings. The molecule has 100 valence electrons. The van der Waals surface area contributed by atoms with Gasteiger partial charge in [-0.15, -0.1) is 0 Å². The molecule has 0 aromatic carbocycles. The zero-order valence-corrected chi connectivity index (χ0v) is 10.8. The first-order valence-corrected chi connectivity index (χ1v) is 6.75. The Morgan fingerprint density at radius 1 is 1.24 bits per heavy atom. The Balaban J connectivity index is 2.07. The molecule has 0 aromatic rings. The highest BCUT2D eigenvalue weighted by molar-refractivity contribution is 5.73. The van der Waals surface area contributed by atoms with Gasteiger partial charge in [0.05, 0.1) is 12.5 Å². The molecule has 1 aliphatic rings. The second-order valence-corrected chi connectivity index (χ2v) is 4.69. The lowest BCUT2D eigenvalue weighted by Gasteiger charge is -2.26. The monoisotopic (exact) mass is 243 g/mol. The summed E-state index contributed by atoms with van der Waals surface area (Å²) >= 11 is 0. The van der Waals surface area contributed by atoms with Crippen LogP contribution in [-0.4, -0.2) is 31.8 Å². The van der Waals surface area contributed by atoms with E-state index in [0.29, 0.717) is 13.2 Å². The number of nitrogens with two attached hydrogens (primary N) is 1. The summed E-state index contributed by atoms with van der Waals surface area (Å²) in [6.45, 7) is 3.71. The van der Waals surface area contributed by atoms with Crippen LogP contribution in [0.4, 0.5) is 0 Å². The Bertz CT molecular complexity index is 221. The van der Waals surface area contributed by atoms with Gasteiger partial charge in [0.1, 0.15) is 6.61 Å². The summed E-state index contributed by atoms with van der Waals surface area (Å²) in [5, 5.41) is 0. The van der Waals surface area contributed by atoms with Gasteiger partial charge in [-0.2, -0.15) is 0 Å². The Morgan fingerprint density at radius 2 is 2.00 bits per heavy atom. The van der Waals surface area contributed by atoms with E-state index in [2.05, 4.69) is 6.92 Å². The van der Waals surface area contributed by atoms with Crippen LogP contribution in [0.15, 0.2) is 0 Å². The Kier molecular flexibility index (Phi) is 7.21. The molecule has 1 rings (SSSR count). The van der Waals surface area contributed by atoms with Gasteiger partial charge in [0.25, 0.3) is 0 Å². The predicted octanol–water partition coefficient (Wildman–Crippen LogP) is 1.86. The van der Waals surface area contributed by atoms with Crippen molar-refractivity contribution in [1.29, 1.82) is 0 Å². The van der Waals surface area contributed by atoms with E-state index in [-0.39, 0.29) is 17.9 Å². The first kappa shape index (κ1) is 14.5. The summed E-state index contributed by atoms with van der Waals surface area (Å²) in [6, 6.07) is -0.0164. The van der Waals surface area contributed by atoms with Crippen LogP contribution in [0.1, 0.15) is 45.4 Å². The molecule has 1 saturated carbocycles. The first-order chi connectivity index (χ1) is 8.25. The molecule has 0 bridgehead atoms. The molecule has 0 saturated heterocycles. The van der Waals surface area contributed by atoms with Crippen molar-refractivity contribution in [2.45, 2.75) is 51.5 Å². The van der Waals surface area contributed by atoms with Gasteiger partial charge in [0.2, 0.25) is 0 Å². The fourth-order valence-electron chi connectivity index (χ4n) is 2.11. The van der Waals surface area contributed by atoms with E-state index in [1.165, 1.54) is 0 Å². The minimum absolute atomic E-state index is 0.0164. The van der Waals surface area contributed by atoms with E-state index in [4.69, 9.17) is 15.2 Å². The van der Waals surface area contributed by atoms with Gasteiger partial charge in [0, 0.05) is 12.6 Å². The molecular formula is C13H25NO3. The van der Waals surface area contributed by atoms with Gasteiger partial charge in [-0.05, 0) is 19.3 Å². The van der Waals surface area contributed by atoms with Gasteiger partial charge in [-0.25, -0.2) is 0 Å². The minimum Gasteiger partial charge on any atom is -0.463 e. The molecule has 17 heavy (non-hydrogen) atoms. The van der Waals surface area contributed by atoms with Crippen molar-refractivity contribution in [2.75, 3.05) is 19.8 Å². The fraction of sp³-hybridized carbons (Fsp3) is 0.923. The molecule has 2 unspecified atom stereocenters. The highest BCUT2D eigenvalue weighted by Gasteiger charge is 2.29. The van der Waals surface area contributed by atoms with E-state index in [1.807, 2.05) is 0 Å². The molecular weight excluding hydrogens is 218 g/mol. The highest BCUT2D eigenvalue weighted by atomic mass is 16.6.